The van der Waals surface area contributed by atoms with E-state index in [0.29, 0.717) is 12.0 Å². The Kier molecular flexibility index (Phi) is 3.96. The third-order valence-corrected chi connectivity index (χ3v) is 3.34. The number of hydrogen-bond donors (Lipinski definition) is 1. The zero-order valence-corrected chi connectivity index (χ0v) is 10.1. The number of nitrogens with one attached hydrogen (secondary N) is 1. The van der Waals surface area contributed by atoms with E-state index in [9.17, 15) is 0 Å². The van der Waals surface area contributed by atoms with Crippen LogP contribution in [-0.4, -0.2) is 29.8 Å². The fourth-order valence-electron chi connectivity index (χ4n) is 2.47. The predicted molar refractivity (Wildman–Crippen MR) is 63.2 cm³/mol. The third kappa shape index (κ3) is 2.28. The second-order valence-electron chi connectivity index (χ2n) is 4.32. The zero-order valence-electron chi connectivity index (χ0n) is 10.1. The van der Waals surface area contributed by atoms with Gasteiger partial charge in [-0.15, -0.1) is 0 Å². The van der Waals surface area contributed by atoms with E-state index in [-0.39, 0.29) is 0 Å². The second kappa shape index (κ2) is 5.46. The molecule has 16 heavy (non-hydrogen) atoms. The van der Waals surface area contributed by atoms with Crippen LogP contribution >= 0.6 is 0 Å². The van der Waals surface area contributed by atoms with Crippen LogP contribution in [0.25, 0.3) is 0 Å². The molecule has 0 aliphatic carbocycles. The fraction of sp³-hybridized carbons (Fsp3) is 0.750. The molecule has 1 aliphatic heterocycles. The highest BCUT2D eigenvalue weighted by atomic mass is 16.5. The predicted octanol–water partition coefficient (Wildman–Crippen LogP) is 1.59. The summed E-state index contributed by atoms with van der Waals surface area (Å²) in [4.78, 5) is 4.48. The van der Waals surface area contributed by atoms with Crippen molar-refractivity contribution in [2.24, 2.45) is 5.92 Å². The number of rotatable bonds is 4. The van der Waals surface area contributed by atoms with Crippen molar-refractivity contribution >= 4 is 0 Å². The lowest BCUT2D eigenvalue weighted by Crippen LogP contribution is -2.33. The van der Waals surface area contributed by atoms with Crippen LogP contribution in [0, 0.1) is 5.92 Å². The number of hydrogen-bond acceptors (Lipinski definition) is 3. The third-order valence-electron chi connectivity index (χ3n) is 3.34. The molecule has 2 heterocycles. The summed E-state index contributed by atoms with van der Waals surface area (Å²) in [5, 5.41) is 3.39. The van der Waals surface area contributed by atoms with Gasteiger partial charge in [-0.2, -0.15) is 0 Å². The Hall–Kier alpha value is -0.870. The Morgan fingerprint density at radius 2 is 2.56 bits per heavy atom. The first kappa shape index (κ1) is 11.6. The van der Waals surface area contributed by atoms with Gasteiger partial charge in [0.15, 0.2) is 0 Å². The Labute approximate surface area is 97.0 Å². The quantitative estimate of drug-likeness (QED) is 0.842. The lowest BCUT2D eigenvalue weighted by molar-refractivity contribution is 0.0384. The van der Waals surface area contributed by atoms with Gasteiger partial charge in [0, 0.05) is 31.5 Å². The highest BCUT2D eigenvalue weighted by molar-refractivity contribution is 5.02. The van der Waals surface area contributed by atoms with Gasteiger partial charge in [0.1, 0.15) is 5.82 Å². The van der Waals surface area contributed by atoms with Gasteiger partial charge in [0.2, 0.25) is 0 Å². The average Bonchev–Trinajstić information content (AvgIpc) is 2.80. The van der Waals surface area contributed by atoms with Crippen molar-refractivity contribution in [2.75, 3.05) is 20.3 Å². The second-order valence-corrected chi connectivity index (χ2v) is 4.32. The normalized spacial score (nSPS) is 23.2. The maximum absolute atomic E-state index is 5.56. The maximum atomic E-state index is 5.56. The van der Waals surface area contributed by atoms with Crippen molar-refractivity contribution in [1.29, 1.82) is 0 Å². The molecule has 0 aromatic carbocycles. The summed E-state index contributed by atoms with van der Waals surface area (Å²) in [5.41, 5.74) is 0. The van der Waals surface area contributed by atoms with Gasteiger partial charge in [-0.05, 0) is 26.8 Å². The number of aryl methyl sites for hydroxylation is 1. The molecule has 0 saturated carbocycles. The van der Waals surface area contributed by atoms with Crippen molar-refractivity contribution in [1.82, 2.24) is 14.9 Å². The molecule has 1 aromatic heterocycles. The molecule has 1 N–H and O–H groups in total. The number of ether oxygens (including phenoxy) is 1. The average molecular weight is 223 g/mol. The summed E-state index contributed by atoms with van der Waals surface area (Å²) in [6.45, 7) is 4.88. The van der Waals surface area contributed by atoms with E-state index in [1.165, 1.54) is 6.42 Å². The minimum Gasteiger partial charge on any atom is -0.381 e. The summed E-state index contributed by atoms with van der Waals surface area (Å²) in [6, 6.07) is 0.315. The van der Waals surface area contributed by atoms with E-state index < -0.39 is 0 Å². The van der Waals surface area contributed by atoms with Crippen LogP contribution in [0.1, 0.15) is 31.6 Å². The summed E-state index contributed by atoms with van der Waals surface area (Å²) in [5.74, 6) is 1.69. The van der Waals surface area contributed by atoms with Gasteiger partial charge in [-0.1, -0.05) is 0 Å². The maximum Gasteiger partial charge on any atom is 0.126 e. The summed E-state index contributed by atoms with van der Waals surface area (Å²) < 4.78 is 7.76. The molecule has 1 aromatic rings. The van der Waals surface area contributed by atoms with E-state index in [1.54, 1.807) is 0 Å². The number of aromatic nitrogens is 2. The zero-order chi connectivity index (χ0) is 11.4. The Morgan fingerprint density at radius 3 is 3.19 bits per heavy atom. The largest absolute Gasteiger partial charge is 0.381 e. The van der Waals surface area contributed by atoms with E-state index in [2.05, 4.69) is 21.8 Å². The smallest absolute Gasteiger partial charge is 0.126 e. The highest BCUT2D eigenvalue weighted by Gasteiger charge is 2.27. The van der Waals surface area contributed by atoms with E-state index in [1.807, 2.05) is 19.4 Å². The lowest BCUT2D eigenvalue weighted by atomic mass is 9.93. The highest BCUT2D eigenvalue weighted by Crippen LogP contribution is 2.27. The van der Waals surface area contributed by atoms with Gasteiger partial charge in [0.25, 0.3) is 0 Å². The lowest BCUT2D eigenvalue weighted by Gasteiger charge is -2.29. The van der Waals surface area contributed by atoms with E-state index in [4.69, 9.17) is 4.74 Å². The molecule has 1 saturated heterocycles. The van der Waals surface area contributed by atoms with Crippen molar-refractivity contribution in [3.63, 3.8) is 0 Å². The molecule has 2 unspecified atom stereocenters. The molecule has 2 rings (SSSR count). The summed E-state index contributed by atoms with van der Waals surface area (Å²) in [7, 11) is 2.01. The van der Waals surface area contributed by atoms with Gasteiger partial charge in [-0.25, -0.2) is 4.98 Å². The van der Waals surface area contributed by atoms with Crippen LogP contribution in [0.2, 0.25) is 0 Å². The minimum atomic E-state index is 0.315. The molecule has 90 valence electrons. The van der Waals surface area contributed by atoms with E-state index >= 15 is 0 Å². The SMILES string of the molecule is CCn1ccnc1C(NC)C1CCCOC1. The van der Waals surface area contributed by atoms with Crippen molar-refractivity contribution in [3.8, 4) is 0 Å². The van der Waals surface area contributed by atoms with Gasteiger partial charge >= 0.3 is 0 Å². The molecule has 4 nitrogen and oxygen atoms in total. The van der Waals surface area contributed by atoms with Crippen LogP contribution < -0.4 is 5.32 Å². The van der Waals surface area contributed by atoms with Gasteiger partial charge in [0.05, 0.1) is 12.6 Å². The van der Waals surface area contributed by atoms with Crippen molar-refractivity contribution in [2.45, 2.75) is 32.4 Å². The van der Waals surface area contributed by atoms with Crippen molar-refractivity contribution < 1.29 is 4.74 Å². The van der Waals surface area contributed by atoms with Crippen LogP contribution in [0.15, 0.2) is 12.4 Å². The molecule has 0 bridgehead atoms. The number of nitrogens with zero attached hydrogens (tertiary/aromatic N) is 2. The Balaban J connectivity index is 2.14. The van der Waals surface area contributed by atoms with Crippen LogP contribution in [0.3, 0.4) is 0 Å². The standard InChI is InChI=1S/C12H21N3O/c1-3-15-7-6-14-12(15)11(13-2)10-5-4-8-16-9-10/h6-7,10-11,13H,3-5,8-9H2,1-2H3. The Morgan fingerprint density at radius 1 is 1.69 bits per heavy atom. The first-order chi connectivity index (χ1) is 7.86. The molecular weight excluding hydrogens is 202 g/mol. The first-order valence-electron chi connectivity index (χ1n) is 6.12. The summed E-state index contributed by atoms with van der Waals surface area (Å²) >= 11 is 0. The molecule has 1 fully saturated rings. The summed E-state index contributed by atoms with van der Waals surface area (Å²) in [6.07, 6.45) is 6.31. The number of imidazole rings is 1. The van der Waals surface area contributed by atoms with Crippen LogP contribution in [0.5, 0.6) is 0 Å². The molecule has 0 radical (unpaired) electrons. The molecule has 0 spiro atoms. The molecule has 4 heteroatoms. The molecule has 2 atom stereocenters. The van der Waals surface area contributed by atoms with Crippen LogP contribution in [-0.2, 0) is 11.3 Å². The fourth-order valence-corrected chi connectivity index (χ4v) is 2.47. The van der Waals surface area contributed by atoms with E-state index in [0.717, 1.165) is 32.0 Å². The molecular formula is C12H21N3O. The molecule has 1 aliphatic rings. The van der Waals surface area contributed by atoms with Gasteiger partial charge in [-0.3, -0.25) is 0 Å². The minimum absolute atomic E-state index is 0.315. The molecule has 0 amide bonds. The van der Waals surface area contributed by atoms with Crippen molar-refractivity contribution in [3.05, 3.63) is 18.2 Å². The van der Waals surface area contributed by atoms with Crippen LogP contribution in [0.4, 0.5) is 0 Å². The topological polar surface area (TPSA) is 39.1 Å². The monoisotopic (exact) mass is 223 g/mol. The first-order valence-corrected chi connectivity index (χ1v) is 6.12. The Bertz CT molecular complexity index is 318. The van der Waals surface area contributed by atoms with Gasteiger partial charge < -0.3 is 14.6 Å².